The molecule has 1 aromatic rings. The van der Waals surface area contributed by atoms with E-state index in [4.69, 9.17) is 10.00 Å². The lowest BCUT2D eigenvalue weighted by Gasteiger charge is -2.12. The molecule has 0 aliphatic heterocycles. The Morgan fingerprint density at radius 2 is 2.47 bits per heavy atom. The molecule has 0 aliphatic carbocycles. The van der Waals surface area contributed by atoms with Crippen LogP contribution in [0.25, 0.3) is 0 Å². The van der Waals surface area contributed by atoms with Crippen LogP contribution in [0.5, 0.6) is 0 Å². The number of hydrogen-bond acceptors (Lipinski definition) is 4. The Kier molecular flexibility index (Phi) is 4.75. The maximum Gasteiger partial charge on any atom is 0.140 e. The SMILES string of the molecule is COCC(C)NCc1ccnc(C#N)c1. The summed E-state index contributed by atoms with van der Waals surface area (Å²) in [5.74, 6) is 0. The molecule has 1 rings (SSSR count). The highest BCUT2D eigenvalue weighted by atomic mass is 16.5. The summed E-state index contributed by atoms with van der Waals surface area (Å²) in [7, 11) is 1.68. The van der Waals surface area contributed by atoms with Gasteiger partial charge in [0.25, 0.3) is 0 Å². The number of nitrogens with one attached hydrogen (secondary N) is 1. The summed E-state index contributed by atoms with van der Waals surface area (Å²) < 4.78 is 5.01. The van der Waals surface area contributed by atoms with Gasteiger partial charge in [0.15, 0.2) is 0 Å². The van der Waals surface area contributed by atoms with Crippen molar-refractivity contribution in [3.63, 3.8) is 0 Å². The van der Waals surface area contributed by atoms with Gasteiger partial charge in [-0.2, -0.15) is 5.26 Å². The van der Waals surface area contributed by atoms with Crippen molar-refractivity contribution in [2.24, 2.45) is 0 Å². The molecule has 1 N–H and O–H groups in total. The summed E-state index contributed by atoms with van der Waals surface area (Å²) in [5, 5.41) is 12.0. The van der Waals surface area contributed by atoms with E-state index in [1.807, 2.05) is 12.1 Å². The van der Waals surface area contributed by atoms with Crippen LogP contribution in [0.2, 0.25) is 0 Å². The Balaban J connectivity index is 2.47. The molecule has 80 valence electrons. The van der Waals surface area contributed by atoms with Crippen molar-refractivity contribution < 1.29 is 4.74 Å². The maximum absolute atomic E-state index is 8.67. The van der Waals surface area contributed by atoms with Crippen molar-refractivity contribution in [2.75, 3.05) is 13.7 Å². The van der Waals surface area contributed by atoms with E-state index >= 15 is 0 Å². The quantitative estimate of drug-likeness (QED) is 0.781. The normalized spacial score (nSPS) is 12.1. The molecule has 0 saturated heterocycles. The van der Waals surface area contributed by atoms with Crippen LogP contribution in [0.1, 0.15) is 18.2 Å². The highest BCUT2D eigenvalue weighted by Crippen LogP contribution is 2.00. The molecule has 15 heavy (non-hydrogen) atoms. The van der Waals surface area contributed by atoms with E-state index in [1.54, 1.807) is 19.4 Å². The molecular weight excluding hydrogens is 190 g/mol. The second-order valence-corrected chi connectivity index (χ2v) is 3.40. The van der Waals surface area contributed by atoms with Crippen LogP contribution in [0.4, 0.5) is 0 Å². The summed E-state index contributed by atoms with van der Waals surface area (Å²) in [6.45, 7) is 3.45. The van der Waals surface area contributed by atoms with Gasteiger partial charge >= 0.3 is 0 Å². The van der Waals surface area contributed by atoms with Crippen LogP contribution in [0.3, 0.4) is 0 Å². The first-order valence-electron chi connectivity index (χ1n) is 4.83. The molecule has 1 heterocycles. The van der Waals surface area contributed by atoms with Gasteiger partial charge in [-0.3, -0.25) is 0 Å². The van der Waals surface area contributed by atoms with Crippen molar-refractivity contribution >= 4 is 0 Å². The van der Waals surface area contributed by atoms with Gasteiger partial charge in [0, 0.05) is 25.9 Å². The van der Waals surface area contributed by atoms with Gasteiger partial charge in [0.2, 0.25) is 0 Å². The zero-order chi connectivity index (χ0) is 11.1. The lowest BCUT2D eigenvalue weighted by atomic mass is 10.2. The summed E-state index contributed by atoms with van der Waals surface area (Å²) in [6.07, 6.45) is 1.65. The average molecular weight is 205 g/mol. The highest BCUT2D eigenvalue weighted by molar-refractivity contribution is 5.25. The topological polar surface area (TPSA) is 57.9 Å². The molecule has 0 aliphatic rings. The predicted molar refractivity (Wildman–Crippen MR) is 57.1 cm³/mol. The maximum atomic E-state index is 8.67. The fourth-order valence-electron chi connectivity index (χ4n) is 1.25. The number of ether oxygens (including phenoxy) is 1. The van der Waals surface area contributed by atoms with E-state index in [2.05, 4.69) is 17.2 Å². The second-order valence-electron chi connectivity index (χ2n) is 3.40. The van der Waals surface area contributed by atoms with Gasteiger partial charge < -0.3 is 10.1 Å². The highest BCUT2D eigenvalue weighted by Gasteiger charge is 2.01. The minimum Gasteiger partial charge on any atom is -0.383 e. The summed E-state index contributed by atoms with van der Waals surface area (Å²) in [6, 6.07) is 6.00. The fourth-order valence-corrected chi connectivity index (χ4v) is 1.25. The lowest BCUT2D eigenvalue weighted by Crippen LogP contribution is -2.29. The molecule has 0 aromatic carbocycles. The van der Waals surface area contributed by atoms with Gasteiger partial charge in [0.1, 0.15) is 11.8 Å². The van der Waals surface area contributed by atoms with Gasteiger partial charge in [-0.25, -0.2) is 4.98 Å². The van der Waals surface area contributed by atoms with Crippen LogP contribution in [-0.2, 0) is 11.3 Å². The number of hydrogen-bond donors (Lipinski definition) is 1. The third-order valence-corrected chi connectivity index (χ3v) is 2.01. The van der Waals surface area contributed by atoms with Gasteiger partial charge in [-0.1, -0.05) is 0 Å². The van der Waals surface area contributed by atoms with E-state index in [9.17, 15) is 0 Å². The van der Waals surface area contributed by atoms with Gasteiger partial charge in [-0.15, -0.1) is 0 Å². The molecule has 1 unspecified atom stereocenters. The average Bonchev–Trinajstić information content (AvgIpc) is 2.27. The standard InChI is InChI=1S/C11H15N3O/c1-9(8-15-2)14-7-10-3-4-13-11(5-10)6-12/h3-5,9,14H,7-8H2,1-2H3. The molecule has 0 radical (unpaired) electrons. The molecule has 0 amide bonds. The third-order valence-electron chi connectivity index (χ3n) is 2.01. The smallest absolute Gasteiger partial charge is 0.140 e. The number of nitriles is 1. The van der Waals surface area contributed by atoms with Crippen LogP contribution in [0.15, 0.2) is 18.3 Å². The largest absolute Gasteiger partial charge is 0.383 e. The molecule has 0 bridgehead atoms. The van der Waals surface area contributed by atoms with Crippen LogP contribution < -0.4 is 5.32 Å². The van der Waals surface area contributed by atoms with Crippen molar-refractivity contribution in [3.05, 3.63) is 29.6 Å². The van der Waals surface area contributed by atoms with Crippen LogP contribution >= 0.6 is 0 Å². The van der Waals surface area contributed by atoms with Crippen molar-refractivity contribution in [2.45, 2.75) is 19.5 Å². The van der Waals surface area contributed by atoms with E-state index in [0.717, 1.165) is 12.1 Å². The first-order chi connectivity index (χ1) is 7.26. The molecule has 0 spiro atoms. The number of methoxy groups -OCH3 is 1. The van der Waals surface area contributed by atoms with Crippen LogP contribution in [0, 0.1) is 11.3 Å². The van der Waals surface area contributed by atoms with E-state index in [-0.39, 0.29) is 0 Å². The molecule has 1 atom stereocenters. The molecule has 1 aromatic heterocycles. The zero-order valence-electron chi connectivity index (χ0n) is 9.03. The third kappa shape index (κ3) is 4.07. The van der Waals surface area contributed by atoms with Gasteiger partial charge in [0.05, 0.1) is 6.61 Å². The van der Waals surface area contributed by atoms with Crippen LogP contribution in [-0.4, -0.2) is 24.7 Å². The molecule has 0 saturated carbocycles. The summed E-state index contributed by atoms with van der Waals surface area (Å²) in [4.78, 5) is 3.91. The monoisotopic (exact) mass is 205 g/mol. The number of aromatic nitrogens is 1. The number of pyridine rings is 1. The van der Waals surface area contributed by atoms with E-state index in [1.165, 1.54) is 0 Å². The predicted octanol–water partition coefficient (Wildman–Crippen LogP) is 1.08. The fraction of sp³-hybridized carbons (Fsp3) is 0.455. The Bertz CT molecular complexity index is 346. The Morgan fingerprint density at radius 3 is 3.13 bits per heavy atom. The second kappa shape index (κ2) is 6.12. The molecule has 0 fully saturated rings. The molecule has 4 heteroatoms. The Labute approximate surface area is 89.9 Å². The van der Waals surface area contributed by atoms with E-state index in [0.29, 0.717) is 18.3 Å². The summed E-state index contributed by atoms with van der Waals surface area (Å²) >= 11 is 0. The first kappa shape index (κ1) is 11.6. The lowest BCUT2D eigenvalue weighted by molar-refractivity contribution is 0.171. The van der Waals surface area contributed by atoms with Gasteiger partial charge in [-0.05, 0) is 24.6 Å². The summed E-state index contributed by atoms with van der Waals surface area (Å²) in [5.41, 5.74) is 1.51. The zero-order valence-corrected chi connectivity index (χ0v) is 9.03. The first-order valence-corrected chi connectivity index (χ1v) is 4.83. The molecular formula is C11H15N3O. The van der Waals surface area contributed by atoms with Crippen molar-refractivity contribution in [3.8, 4) is 6.07 Å². The molecule has 4 nitrogen and oxygen atoms in total. The van der Waals surface area contributed by atoms with E-state index < -0.39 is 0 Å². The van der Waals surface area contributed by atoms with Crippen molar-refractivity contribution in [1.82, 2.24) is 10.3 Å². The number of rotatable bonds is 5. The number of nitrogens with zero attached hydrogens (tertiary/aromatic N) is 2. The Hall–Kier alpha value is -1.44. The minimum atomic E-state index is 0.300. The Morgan fingerprint density at radius 1 is 1.67 bits per heavy atom. The van der Waals surface area contributed by atoms with Crippen molar-refractivity contribution in [1.29, 1.82) is 5.26 Å². The minimum absolute atomic E-state index is 0.300.